The van der Waals surface area contributed by atoms with Crippen LogP contribution in [0.15, 0.2) is 28.7 Å². The minimum absolute atomic E-state index is 0.282. The van der Waals surface area contributed by atoms with Crippen LogP contribution in [0, 0.1) is 12.8 Å². The molecule has 1 aromatic heterocycles. The van der Waals surface area contributed by atoms with Crippen molar-refractivity contribution in [1.82, 2.24) is 9.62 Å². The standard InChI is InChI=1S/C17H24N2O3S/c1-12-4-5-17-14(8-12)9-15(22-17)10-18-16-6-7-19(11-13(16)2)23(3,20)21/h4-5,8-9,13,16,18H,6-7,10-11H2,1-3H3. The molecule has 0 saturated carbocycles. The molecule has 3 rings (SSSR count). The number of hydrogen-bond acceptors (Lipinski definition) is 4. The zero-order chi connectivity index (χ0) is 16.6. The Morgan fingerprint density at radius 1 is 1.35 bits per heavy atom. The Morgan fingerprint density at radius 2 is 2.13 bits per heavy atom. The topological polar surface area (TPSA) is 62.6 Å². The van der Waals surface area contributed by atoms with E-state index in [0.717, 1.165) is 23.2 Å². The number of hydrogen-bond donors (Lipinski definition) is 1. The largest absolute Gasteiger partial charge is 0.460 e. The smallest absolute Gasteiger partial charge is 0.211 e. The van der Waals surface area contributed by atoms with Gasteiger partial charge in [0.05, 0.1) is 12.8 Å². The molecule has 1 aromatic carbocycles. The van der Waals surface area contributed by atoms with Crippen LogP contribution in [0.3, 0.4) is 0 Å². The summed E-state index contributed by atoms with van der Waals surface area (Å²) in [6, 6.07) is 8.55. The molecule has 6 heteroatoms. The Bertz CT molecular complexity index is 797. The van der Waals surface area contributed by atoms with E-state index in [1.807, 2.05) is 12.1 Å². The van der Waals surface area contributed by atoms with Gasteiger partial charge in [-0.05, 0) is 37.5 Å². The van der Waals surface area contributed by atoms with Gasteiger partial charge in [0, 0.05) is 24.5 Å². The second kappa shape index (κ2) is 6.26. The van der Waals surface area contributed by atoms with E-state index in [4.69, 9.17) is 4.42 Å². The lowest BCUT2D eigenvalue weighted by Crippen LogP contribution is -2.49. The van der Waals surface area contributed by atoms with Gasteiger partial charge < -0.3 is 9.73 Å². The monoisotopic (exact) mass is 336 g/mol. The molecule has 2 heterocycles. The van der Waals surface area contributed by atoms with Gasteiger partial charge in [-0.1, -0.05) is 18.6 Å². The zero-order valence-electron chi connectivity index (χ0n) is 13.9. The Hall–Kier alpha value is -1.37. The third-order valence-corrected chi connectivity index (χ3v) is 5.87. The minimum atomic E-state index is -3.08. The molecular formula is C17H24N2O3S. The average Bonchev–Trinajstić information content (AvgIpc) is 2.86. The van der Waals surface area contributed by atoms with Crippen molar-refractivity contribution in [3.05, 3.63) is 35.6 Å². The number of fused-ring (bicyclic) bond motifs is 1. The van der Waals surface area contributed by atoms with Gasteiger partial charge in [-0.2, -0.15) is 0 Å². The molecule has 0 aliphatic carbocycles. The van der Waals surface area contributed by atoms with Crippen molar-refractivity contribution in [1.29, 1.82) is 0 Å². The molecular weight excluding hydrogens is 312 g/mol. The summed E-state index contributed by atoms with van der Waals surface area (Å²) in [6.07, 6.45) is 2.11. The molecule has 0 spiro atoms. The summed E-state index contributed by atoms with van der Waals surface area (Å²) >= 11 is 0. The lowest BCUT2D eigenvalue weighted by atomic mass is 9.95. The summed E-state index contributed by atoms with van der Waals surface area (Å²) in [6.45, 7) is 6.00. The summed E-state index contributed by atoms with van der Waals surface area (Å²) in [5.41, 5.74) is 2.13. The number of nitrogens with zero attached hydrogens (tertiary/aromatic N) is 1. The molecule has 2 aromatic rings. The zero-order valence-corrected chi connectivity index (χ0v) is 14.7. The van der Waals surface area contributed by atoms with E-state index < -0.39 is 10.0 Å². The van der Waals surface area contributed by atoms with Gasteiger partial charge in [0.2, 0.25) is 10.0 Å². The Balaban J connectivity index is 1.61. The van der Waals surface area contributed by atoms with Crippen molar-refractivity contribution in [3.8, 4) is 0 Å². The first-order valence-electron chi connectivity index (χ1n) is 8.00. The van der Waals surface area contributed by atoms with Crippen molar-refractivity contribution >= 4 is 21.0 Å². The molecule has 5 nitrogen and oxygen atoms in total. The number of rotatable bonds is 4. The number of sulfonamides is 1. The first-order chi connectivity index (χ1) is 10.8. The second-order valence-electron chi connectivity index (χ2n) is 6.63. The highest BCUT2D eigenvalue weighted by Gasteiger charge is 2.30. The second-order valence-corrected chi connectivity index (χ2v) is 8.61. The van der Waals surface area contributed by atoms with Gasteiger partial charge in [-0.3, -0.25) is 0 Å². The van der Waals surface area contributed by atoms with E-state index in [-0.39, 0.29) is 5.92 Å². The van der Waals surface area contributed by atoms with E-state index in [9.17, 15) is 8.42 Å². The summed E-state index contributed by atoms with van der Waals surface area (Å²) in [4.78, 5) is 0. The predicted molar refractivity (Wildman–Crippen MR) is 91.8 cm³/mol. The van der Waals surface area contributed by atoms with Crippen molar-refractivity contribution in [2.45, 2.75) is 32.9 Å². The molecule has 1 fully saturated rings. The van der Waals surface area contributed by atoms with Crippen LogP contribution in [0.25, 0.3) is 11.0 Å². The van der Waals surface area contributed by atoms with Crippen LogP contribution in [0.4, 0.5) is 0 Å². The Kier molecular flexibility index (Phi) is 4.49. The molecule has 0 radical (unpaired) electrons. The average molecular weight is 336 g/mol. The highest BCUT2D eigenvalue weighted by molar-refractivity contribution is 7.88. The van der Waals surface area contributed by atoms with Gasteiger partial charge >= 0.3 is 0 Å². The lowest BCUT2D eigenvalue weighted by Gasteiger charge is -2.35. The molecule has 1 aliphatic rings. The minimum Gasteiger partial charge on any atom is -0.460 e. The molecule has 0 amide bonds. The molecule has 1 saturated heterocycles. The van der Waals surface area contributed by atoms with E-state index in [1.54, 1.807) is 4.31 Å². The summed E-state index contributed by atoms with van der Waals surface area (Å²) in [5.74, 6) is 1.20. The fourth-order valence-electron chi connectivity index (χ4n) is 3.25. The normalized spacial score (nSPS) is 23.4. The Labute approximate surface area is 137 Å². The van der Waals surface area contributed by atoms with E-state index >= 15 is 0 Å². The maximum atomic E-state index is 11.6. The first kappa shape index (κ1) is 16.5. The highest BCUT2D eigenvalue weighted by atomic mass is 32.2. The molecule has 126 valence electrons. The Morgan fingerprint density at radius 3 is 2.83 bits per heavy atom. The molecule has 2 unspecified atom stereocenters. The number of furan rings is 1. The van der Waals surface area contributed by atoms with E-state index in [2.05, 4.69) is 31.3 Å². The van der Waals surface area contributed by atoms with Gasteiger partial charge in [0.1, 0.15) is 11.3 Å². The maximum absolute atomic E-state index is 11.6. The van der Waals surface area contributed by atoms with Crippen molar-refractivity contribution in [2.75, 3.05) is 19.3 Å². The molecule has 0 bridgehead atoms. The molecule has 2 atom stereocenters. The van der Waals surface area contributed by atoms with Gasteiger partial charge in [-0.25, -0.2) is 12.7 Å². The van der Waals surface area contributed by atoms with Crippen molar-refractivity contribution < 1.29 is 12.8 Å². The lowest BCUT2D eigenvalue weighted by molar-refractivity contribution is 0.217. The van der Waals surface area contributed by atoms with Gasteiger partial charge in [-0.15, -0.1) is 0 Å². The fraction of sp³-hybridized carbons (Fsp3) is 0.529. The number of nitrogens with one attached hydrogen (secondary N) is 1. The van der Waals surface area contributed by atoms with Crippen LogP contribution < -0.4 is 5.32 Å². The van der Waals surface area contributed by atoms with Crippen LogP contribution in [0.2, 0.25) is 0 Å². The number of piperidine rings is 1. The summed E-state index contributed by atoms with van der Waals surface area (Å²) in [5, 5.41) is 4.65. The fourth-order valence-corrected chi connectivity index (χ4v) is 4.19. The SMILES string of the molecule is Cc1ccc2oc(CNC3CCN(S(C)(=O)=O)CC3C)cc2c1. The maximum Gasteiger partial charge on any atom is 0.211 e. The van der Waals surface area contributed by atoms with Crippen LogP contribution in [0.1, 0.15) is 24.7 Å². The quantitative estimate of drug-likeness (QED) is 0.932. The van der Waals surface area contributed by atoms with Gasteiger partial charge in [0.25, 0.3) is 0 Å². The summed E-state index contributed by atoms with van der Waals surface area (Å²) in [7, 11) is -3.08. The van der Waals surface area contributed by atoms with Crippen molar-refractivity contribution in [2.24, 2.45) is 5.92 Å². The van der Waals surface area contributed by atoms with Crippen LogP contribution in [0.5, 0.6) is 0 Å². The third kappa shape index (κ3) is 3.76. The third-order valence-electron chi connectivity index (χ3n) is 4.60. The first-order valence-corrected chi connectivity index (χ1v) is 9.85. The molecule has 23 heavy (non-hydrogen) atoms. The number of benzene rings is 1. The van der Waals surface area contributed by atoms with Crippen molar-refractivity contribution in [3.63, 3.8) is 0 Å². The summed E-state index contributed by atoms with van der Waals surface area (Å²) < 4.78 is 30.7. The van der Waals surface area contributed by atoms with Gasteiger partial charge in [0.15, 0.2) is 0 Å². The van der Waals surface area contributed by atoms with E-state index in [0.29, 0.717) is 25.7 Å². The molecule has 1 aliphatic heterocycles. The van der Waals surface area contributed by atoms with Crippen LogP contribution in [-0.4, -0.2) is 38.1 Å². The predicted octanol–water partition coefficient (Wildman–Crippen LogP) is 2.50. The molecule has 1 N–H and O–H groups in total. The van der Waals surface area contributed by atoms with Crippen LogP contribution >= 0.6 is 0 Å². The number of aryl methyl sites for hydroxylation is 1. The van der Waals surface area contributed by atoms with Crippen LogP contribution in [-0.2, 0) is 16.6 Å². The van der Waals surface area contributed by atoms with E-state index in [1.165, 1.54) is 11.8 Å². The highest BCUT2D eigenvalue weighted by Crippen LogP contribution is 2.22.